The van der Waals surface area contributed by atoms with E-state index in [1.165, 1.54) is 5.56 Å². The SMILES string of the molecule is CCOc1ccc(C(NC)C2(C#N)CCC2)cc1. The van der Waals surface area contributed by atoms with E-state index in [1.807, 2.05) is 26.1 Å². The first-order valence-corrected chi connectivity index (χ1v) is 6.57. The van der Waals surface area contributed by atoms with E-state index in [0.29, 0.717) is 6.61 Å². The zero-order valence-electron chi connectivity index (χ0n) is 11.1. The van der Waals surface area contributed by atoms with Gasteiger partial charge in [-0.2, -0.15) is 5.26 Å². The van der Waals surface area contributed by atoms with Crippen LogP contribution in [0.2, 0.25) is 0 Å². The molecule has 1 aromatic rings. The van der Waals surface area contributed by atoms with Gasteiger partial charge in [0.15, 0.2) is 0 Å². The van der Waals surface area contributed by atoms with Crippen LogP contribution in [0.25, 0.3) is 0 Å². The van der Waals surface area contributed by atoms with Crippen molar-refractivity contribution in [3.63, 3.8) is 0 Å². The molecule has 0 aliphatic heterocycles. The molecule has 1 aliphatic carbocycles. The quantitative estimate of drug-likeness (QED) is 0.866. The van der Waals surface area contributed by atoms with Gasteiger partial charge in [0, 0.05) is 0 Å². The Morgan fingerprint density at radius 3 is 2.44 bits per heavy atom. The number of ether oxygens (including phenoxy) is 1. The maximum Gasteiger partial charge on any atom is 0.119 e. The predicted molar refractivity (Wildman–Crippen MR) is 71.3 cm³/mol. The van der Waals surface area contributed by atoms with Crippen LogP contribution in [0.5, 0.6) is 5.75 Å². The second-order valence-electron chi connectivity index (χ2n) is 4.85. The van der Waals surface area contributed by atoms with Crippen LogP contribution in [0.3, 0.4) is 0 Å². The first kappa shape index (κ1) is 12.9. The van der Waals surface area contributed by atoms with Crippen molar-refractivity contribution < 1.29 is 4.74 Å². The first-order chi connectivity index (χ1) is 8.75. The average molecular weight is 244 g/mol. The van der Waals surface area contributed by atoms with E-state index in [9.17, 15) is 5.26 Å². The molecule has 96 valence electrons. The summed E-state index contributed by atoms with van der Waals surface area (Å²) in [5, 5.41) is 12.7. The maximum atomic E-state index is 9.42. The third kappa shape index (κ3) is 2.21. The molecule has 0 saturated heterocycles. The first-order valence-electron chi connectivity index (χ1n) is 6.57. The summed E-state index contributed by atoms with van der Waals surface area (Å²) in [5.41, 5.74) is 0.948. The van der Waals surface area contributed by atoms with Crippen molar-refractivity contribution in [3.8, 4) is 11.8 Å². The van der Waals surface area contributed by atoms with E-state index in [1.54, 1.807) is 0 Å². The number of nitrogens with zero attached hydrogens (tertiary/aromatic N) is 1. The minimum absolute atomic E-state index is 0.118. The highest BCUT2D eigenvalue weighted by molar-refractivity contribution is 5.32. The van der Waals surface area contributed by atoms with Crippen molar-refractivity contribution in [2.75, 3.05) is 13.7 Å². The predicted octanol–water partition coefficient (Wildman–Crippen LogP) is 3.04. The minimum Gasteiger partial charge on any atom is -0.494 e. The summed E-state index contributed by atoms with van der Waals surface area (Å²) >= 11 is 0. The number of hydrogen-bond donors (Lipinski definition) is 1. The molecule has 0 radical (unpaired) electrons. The molecule has 1 atom stereocenters. The lowest BCUT2D eigenvalue weighted by Crippen LogP contribution is -2.40. The van der Waals surface area contributed by atoms with E-state index >= 15 is 0 Å². The van der Waals surface area contributed by atoms with E-state index in [4.69, 9.17) is 4.74 Å². The van der Waals surface area contributed by atoms with Crippen molar-refractivity contribution in [3.05, 3.63) is 29.8 Å². The van der Waals surface area contributed by atoms with E-state index in [0.717, 1.165) is 25.0 Å². The van der Waals surface area contributed by atoms with Gasteiger partial charge in [0.05, 0.1) is 24.1 Å². The normalized spacial score (nSPS) is 18.5. The summed E-state index contributed by atoms with van der Waals surface area (Å²) in [6.07, 6.45) is 3.13. The lowest BCUT2D eigenvalue weighted by molar-refractivity contribution is 0.149. The van der Waals surface area contributed by atoms with Crippen LogP contribution < -0.4 is 10.1 Å². The molecule has 1 aliphatic rings. The Balaban J connectivity index is 2.20. The molecule has 0 bridgehead atoms. The lowest BCUT2D eigenvalue weighted by atomic mass is 9.63. The van der Waals surface area contributed by atoms with Gasteiger partial charge in [-0.3, -0.25) is 0 Å². The number of nitriles is 1. The Kier molecular flexibility index (Phi) is 3.88. The maximum absolute atomic E-state index is 9.42. The molecule has 1 aromatic carbocycles. The van der Waals surface area contributed by atoms with Gasteiger partial charge in [0.2, 0.25) is 0 Å². The summed E-state index contributed by atoms with van der Waals surface area (Å²) in [6, 6.07) is 10.7. The van der Waals surface area contributed by atoms with Crippen molar-refractivity contribution >= 4 is 0 Å². The molecule has 0 aromatic heterocycles. The summed E-state index contributed by atoms with van der Waals surface area (Å²) < 4.78 is 5.44. The molecule has 1 saturated carbocycles. The minimum atomic E-state index is -0.220. The smallest absolute Gasteiger partial charge is 0.119 e. The van der Waals surface area contributed by atoms with Gasteiger partial charge < -0.3 is 10.1 Å². The molecule has 3 heteroatoms. The van der Waals surface area contributed by atoms with Crippen molar-refractivity contribution in [1.82, 2.24) is 5.32 Å². The third-order valence-corrected chi connectivity index (χ3v) is 3.83. The van der Waals surface area contributed by atoms with Crippen molar-refractivity contribution in [2.24, 2.45) is 5.41 Å². The fourth-order valence-electron chi connectivity index (χ4n) is 2.71. The molecule has 18 heavy (non-hydrogen) atoms. The van der Waals surface area contributed by atoms with Crippen LogP contribution in [0.15, 0.2) is 24.3 Å². The summed E-state index contributed by atoms with van der Waals surface area (Å²) in [6.45, 7) is 2.65. The van der Waals surface area contributed by atoms with Gasteiger partial charge in [0.25, 0.3) is 0 Å². The van der Waals surface area contributed by atoms with Gasteiger partial charge in [0.1, 0.15) is 5.75 Å². The fourth-order valence-corrected chi connectivity index (χ4v) is 2.71. The van der Waals surface area contributed by atoms with Crippen molar-refractivity contribution in [1.29, 1.82) is 5.26 Å². The molecule has 0 amide bonds. The average Bonchev–Trinajstić information content (AvgIpc) is 2.35. The second-order valence-corrected chi connectivity index (χ2v) is 4.85. The van der Waals surface area contributed by atoms with Gasteiger partial charge in [-0.25, -0.2) is 0 Å². The molecular weight excluding hydrogens is 224 g/mol. The molecule has 1 unspecified atom stereocenters. The highest BCUT2D eigenvalue weighted by Gasteiger charge is 2.44. The van der Waals surface area contributed by atoms with Gasteiger partial charge in [-0.05, 0) is 44.5 Å². The van der Waals surface area contributed by atoms with Crippen LogP contribution in [-0.4, -0.2) is 13.7 Å². The number of nitrogens with one attached hydrogen (secondary N) is 1. The van der Waals surface area contributed by atoms with Gasteiger partial charge in [-0.1, -0.05) is 18.6 Å². The highest BCUT2D eigenvalue weighted by Crippen LogP contribution is 2.49. The number of hydrogen-bond acceptors (Lipinski definition) is 3. The van der Waals surface area contributed by atoms with Crippen LogP contribution in [0, 0.1) is 16.7 Å². The van der Waals surface area contributed by atoms with Crippen LogP contribution in [-0.2, 0) is 0 Å². The Hall–Kier alpha value is -1.53. The third-order valence-electron chi connectivity index (χ3n) is 3.83. The largest absolute Gasteiger partial charge is 0.494 e. The van der Waals surface area contributed by atoms with Gasteiger partial charge in [-0.15, -0.1) is 0 Å². The van der Waals surface area contributed by atoms with E-state index < -0.39 is 0 Å². The summed E-state index contributed by atoms with van der Waals surface area (Å²) in [4.78, 5) is 0. The fraction of sp³-hybridized carbons (Fsp3) is 0.533. The summed E-state index contributed by atoms with van der Waals surface area (Å²) in [7, 11) is 1.93. The van der Waals surface area contributed by atoms with E-state index in [2.05, 4.69) is 23.5 Å². The topological polar surface area (TPSA) is 45.0 Å². The van der Waals surface area contributed by atoms with E-state index in [-0.39, 0.29) is 11.5 Å². The molecule has 3 nitrogen and oxygen atoms in total. The molecule has 1 fully saturated rings. The molecular formula is C15H20N2O. The molecule has 0 heterocycles. The van der Waals surface area contributed by atoms with Gasteiger partial charge >= 0.3 is 0 Å². The summed E-state index contributed by atoms with van der Waals surface area (Å²) in [5.74, 6) is 0.885. The lowest BCUT2D eigenvalue weighted by Gasteiger charge is -2.42. The van der Waals surface area contributed by atoms with Crippen LogP contribution in [0.1, 0.15) is 37.8 Å². The zero-order valence-corrected chi connectivity index (χ0v) is 11.1. The molecule has 0 spiro atoms. The monoisotopic (exact) mass is 244 g/mol. The Labute approximate surface area is 109 Å². The highest BCUT2D eigenvalue weighted by atomic mass is 16.5. The Bertz CT molecular complexity index is 429. The molecule has 1 N–H and O–H groups in total. The zero-order chi connectivity index (χ0) is 13.0. The number of benzene rings is 1. The number of rotatable bonds is 5. The Morgan fingerprint density at radius 1 is 1.39 bits per heavy atom. The second kappa shape index (κ2) is 5.41. The van der Waals surface area contributed by atoms with Crippen molar-refractivity contribution in [2.45, 2.75) is 32.2 Å². The van der Waals surface area contributed by atoms with Crippen LogP contribution >= 0.6 is 0 Å². The van der Waals surface area contributed by atoms with Crippen LogP contribution in [0.4, 0.5) is 0 Å². The Morgan fingerprint density at radius 2 is 2.06 bits per heavy atom. The standard InChI is InChI=1S/C15H20N2O/c1-3-18-13-7-5-12(6-8-13)14(17-2)15(11-16)9-4-10-15/h5-8,14,17H,3-4,9-10H2,1-2H3. The molecule has 2 rings (SSSR count).